The minimum atomic E-state index is -0.409. The van der Waals surface area contributed by atoms with Crippen LogP contribution in [0.4, 0.5) is 15.9 Å². The number of hydrogen-bond acceptors (Lipinski definition) is 5. The number of nitrogens with zero attached hydrogens (tertiary/aromatic N) is 5. The van der Waals surface area contributed by atoms with Gasteiger partial charge in [-0.2, -0.15) is 0 Å². The third-order valence-electron chi connectivity index (χ3n) is 4.42. The van der Waals surface area contributed by atoms with Gasteiger partial charge in [-0.15, -0.1) is 10.2 Å². The zero-order chi connectivity index (χ0) is 17.4. The molecule has 1 saturated heterocycles. The van der Waals surface area contributed by atoms with Crippen molar-refractivity contribution < 1.29 is 9.18 Å². The van der Waals surface area contributed by atoms with Crippen LogP contribution in [0.1, 0.15) is 18.4 Å². The Hall–Kier alpha value is -3.03. The number of aryl methyl sites for hydroxylation is 1. The number of amides is 1. The summed E-state index contributed by atoms with van der Waals surface area (Å²) < 4.78 is 15.1. The zero-order valence-electron chi connectivity index (χ0n) is 13.7. The van der Waals surface area contributed by atoms with Gasteiger partial charge in [0.15, 0.2) is 5.82 Å². The van der Waals surface area contributed by atoms with Crippen LogP contribution in [0, 0.1) is 12.7 Å². The average molecular weight is 340 g/mol. The quantitative estimate of drug-likeness (QED) is 0.791. The fraction of sp³-hybridized carbons (Fsp3) is 0.294. The highest BCUT2D eigenvalue weighted by atomic mass is 19.1. The first kappa shape index (κ1) is 15.5. The monoisotopic (exact) mass is 340 g/mol. The van der Waals surface area contributed by atoms with Crippen LogP contribution in [0.2, 0.25) is 0 Å². The minimum Gasteiger partial charge on any atom is -0.355 e. The number of aromatic nitrogens is 4. The van der Waals surface area contributed by atoms with Crippen LogP contribution in [0.3, 0.4) is 0 Å². The van der Waals surface area contributed by atoms with Gasteiger partial charge in [-0.1, -0.05) is 0 Å². The molecule has 3 heterocycles. The van der Waals surface area contributed by atoms with Gasteiger partial charge >= 0.3 is 0 Å². The Morgan fingerprint density at radius 3 is 3.08 bits per heavy atom. The topological polar surface area (TPSA) is 75.4 Å². The number of carbonyl (C=O) groups is 1. The molecule has 0 bridgehead atoms. The number of piperidine rings is 1. The molecule has 0 saturated carbocycles. The Kier molecular flexibility index (Phi) is 3.79. The smallest absolute Gasteiger partial charge is 0.249 e. The molecule has 7 nitrogen and oxygen atoms in total. The summed E-state index contributed by atoms with van der Waals surface area (Å²) in [5.74, 6) is 0.170. The molecule has 25 heavy (non-hydrogen) atoms. The molecule has 0 radical (unpaired) electrons. The van der Waals surface area contributed by atoms with E-state index in [1.54, 1.807) is 41.0 Å². The molecule has 1 fully saturated rings. The molecule has 0 aliphatic carbocycles. The number of halogens is 1. The second-order valence-corrected chi connectivity index (χ2v) is 6.10. The van der Waals surface area contributed by atoms with E-state index in [0.29, 0.717) is 24.4 Å². The lowest BCUT2D eigenvalue weighted by Gasteiger charge is -2.33. The van der Waals surface area contributed by atoms with Crippen LogP contribution < -0.4 is 10.2 Å². The van der Waals surface area contributed by atoms with E-state index in [-0.39, 0.29) is 11.7 Å². The molecule has 0 unspecified atom stereocenters. The Bertz CT molecular complexity index is 940. The van der Waals surface area contributed by atoms with E-state index in [0.717, 1.165) is 17.7 Å². The first-order valence-electron chi connectivity index (χ1n) is 8.12. The van der Waals surface area contributed by atoms with Gasteiger partial charge in [0.25, 0.3) is 0 Å². The predicted molar refractivity (Wildman–Crippen MR) is 90.9 cm³/mol. The summed E-state index contributed by atoms with van der Waals surface area (Å²) >= 11 is 0. The van der Waals surface area contributed by atoms with Gasteiger partial charge in [0, 0.05) is 24.6 Å². The van der Waals surface area contributed by atoms with Crippen LogP contribution in [-0.2, 0) is 4.79 Å². The van der Waals surface area contributed by atoms with Gasteiger partial charge in [-0.25, -0.2) is 9.37 Å². The predicted octanol–water partition coefficient (Wildman–Crippen LogP) is 2.18. The molecule has 1 aliphatic rings. The normalized spacial score (nSPS) is 17.9. The molecule has 128 valence electrons. The number of nitrogens with one attached hydrogen (secondary N) is 1. The number of hydrogen-bond donors (Lipinski definition) is 1. The van der Waals surface area contributed by atoms with Crippen LogP contribution in [0.15, 0.2) is 36.9 Å². The van der Waals surface area contributed by atoms with Gasteiger partial charge in [0.2, 0.25) is 11.6 Å². The first-order chi connectivity index (χ1) is 12.1. The third-order valence-corrected chi connectivity index (χ3v) is 4.42. The van der Waals surface area contributed by atoms with Gasteiger partial charge in [-0.05, 0) is 43.5 Å². The highest BCUT2D eigenvalue weighted by Gasteiger charge is 2.31. The first-order valence-corrected chi connectivity index (χ1v) is 8.12. The van der Waals surface area contributed by atoms with Crippen molar-refractivity contribution in [3.8, 4) is 0 Å². The molecular formula is C17H17FN6O. The molecule has 2 aromatic heterocycles. The maximum Gasteiger partial charge on any atom is 0.249 e. The lowest BCUT2D eigenvalue weighted by molar-refractivity contribution is -0.120. The summed E-state index contributed by atoms with van der Waals surface area (Å²) in [5, 5.41) is 11.1. The minimum absolute atomic E-state index is 0.0516. The maximum atomic E-state index is 13.4. The molecule has 3 aromatic rings. The number of carbonyl (C=O) groups excluding carboxylic acids is 1. The zero-order valence-corrected chi connectivity index (χ0v) is 13.7. The Morgan fingerprint density at radius 1 is 1.36 bits per heavy atom. The van der Waals surface area contributed by atoms with Crippen molar-refractivity contribution in [2.24, 2.45) is 0 Å². The summed E-state index contributed by atoms with van der Waals surface area (Å²) in [7, 11) is 0. The van der Waals surface area contributed by atoms with Crippen molar-refractivity contribution >= 4 is 23.1 Å². The summed E-state index contributed by atoms with van der Waals surface area (Å²) in [6.07, 6.45) is 6.51. The largest absolute Gasteiger partial charge is 0.355 e. The summed E-state index contributed by atoms with van der Waals surface area (Å²) in [5.41, 5.74) is 2.06. The number of anilines is 2. The van der Waals surface area contributed by atoms with Crippen molar-refractivity contribution in [2.75, 3.05) is 16.8 Å². The number of benzene rings is 1. The average Bonchev–Trinajstić information content (AvgIpc) is 3.07. The van der Waals surface area contributed by atoms with Crippen LogP contribution in [-0.4, -0.2) is 38.1 Å². The van der Waals surface area contributed by atoms with Crippen molar-refractivity contribution in [3.63, 3.8) is 0 Å². The van der Waals surface area contributed by atoms with E-state index in [2.05, 4.69) is 20.5 Å². The fourth-order valence-electron chi connectivity index (χ4n) is 3.20. The Labute approximate surface area is 143 Å². The van der Waals surface area contributed by atoms with Crippen molar-refractivity contribution in [2.45, 2.75) is 25.8 Å². The molecule has 1 aliphatic heterocycles. The van der Waals surface area contributed by atoms with E-state index < -0.39 is 6.04 Å². The summed E-state index contributed by atoms with van der Waals surface area (Å²) in [6.45, 7) is 2.42. The summed E-state index contributed by atoms with van der Waals surface area (Å²) in [4.78, 5) is 18.9. The molecule has 1 amide bonds. The molecule has 8 heteroatoms. The van der Waals surface area contributed by atoms with Gasteiger partial charge in [0.1, 0.15) is 18.2 Å². The molecule has 1 atom stereocenters. The molecule has 1 aromatic carbocycles. The number of rotatable bonds is 3. The van der Waals surface area contributed by atoms with Crippen LogP contribution >= 0.6 is 0 Å². The van der Waals surface area contributed by atoms with E-state index >= 15 is 0 Å². The van der Waals surface area contributed by atoms with Crippen molar-refractivity contribution in [3.05, 3.63) is 48.3 Å². The fourth-order valence-corrected chi connectivity index (χ4v) is 3.20. The number of fused-ring (bicyclic) bond motifs is 1. The van der Waals surface area contributed by atoms with Crippen LogP contribution in [0.25, 0.3) is 5.65 Å². The van der Waals surface area contributed by atoms with Crippen molar-refractivity contribution in [1.82, 2.24) is 19.6 Å². The van der Waals surface area contributed by atoms with E-state index in [9.17, 15) is 9.18 Å². The lowest BCUT2D eigenvalue weighted by atomic mass is 10.0. The lowest BCUT2D eigenvalue weighted by Crippen LogP contribution is -2.48. The summed E-state index contributed by atoms with van der Waals surface area (Å²) in [6, 6.07) is 4.07. The Balaban J connectivity index is 1.61. The highest BCUT2D eigenvalue weighted by molar-refractivity contribution is 6.00. The third kappa shape index (κ3) is 2.79. The molecule has 4 rings (SSSR count). The van der Waals surface area contributed by atoms with E-state index in [1.807, 2.05) is 0 Å². The van der Waals surface area contributed by atoms with E-state index in [1.165, 1.54) is 12.1 Å². The molecule has 0 spiro atoms. The van der Waals surface area contributed by atoms with Gasteiger partial charge in [0.05, 0.1) is 0 Å². The van der Waals surface area contributed by atoms with Crippen molar-refractivity contribution in [1.29, 1.82) is 0 Å². The second-order valence-electron chi connectivity index (χ2n) is 6.10. The van der Waals surface area contributed by atoms with Crippen LogP contribution in [0.5, 0.6) is 0 Å². The SMILES string of the molecule is Cc1cc(F)ccc1N1CCC[C@@H](Nc2nccn3cnnc23)C1=O. The van der Waals surface area contributed by atoms with E-state index in [4.69, 9.17) is 0 Å². The standard InChI is InChI=1S/C17H17FN6O/c1-11-9-12(18)4-5-14(11)24-7-2-3-13(17(24)25)21-15-16-22-20-10-23(16)8-6-19-15/h4-6,8-10,13H,2-3,7H2,1H3,(H,19,21)/t13-/m1/s1. The molecular weight excluding hydrogens is 323 g/mol. The second kappa shape index (κ2) is 6.12. The Morgan fingerprint density at radius 2 is 2.24 bits per heavy atom. The van der Waals surface area contributed by atoms with Gasteiger partial charge in [-0.3, -0.25) is 9.20 Å². The highest BCUT2D eigenvalue weighted by Crippen LogP contribution is 2.26. The molecule has 1 N–H and O–H groups in total. The van der Waals surface area contributed by atoms with Gasteiger partial charge < -0.3 is 10.2 Å². The maximum absolute atomic E-state index is 13.4.